The highest BCUT2D eigenvalue weighted by atomic mass is 35.5. The van der Waals surface area contributed by atoms with Gasteiger partial charge in [0.2, 0.25) is 11.8 Å². The average Bonchev–Trinajstić information content (AvgIpc) is 2.41. The van der Waals surface area contributed by atoms with Crippen molar-refractivity contribution < 1.29 is 9.66 Å². The number of hydrogen-bond donors (Lipinski definition) is 2. The molecule has 8 nitrogen and oxygen atoms in total. The molecule has 2 aromatic rings. The summed E-state index contributed by atoms with van der Waals surface area (Å²) in [6.45, 7) is 1.61. The van der Waals surface area contributed by atoms with Crippen molar-refractivity contribution in [3.63, 3.8) is 0 Å². The van der Waals surface area contributed by atoms with Gasteiger partial charge in [-0.1, -0.05) is 11.6 Å². The maximum Gasteiger partial charge on any atom is 0.272 e. The van der Waals surface area contributed by atoms with E-state index in [4.69, 9.17) is 22.2 Å². The van der Waals surface area contributed by atoms with Crippen LogP contribution in [0.1, 0.15) is 5.56 Å². The number of nitrogens with two attached hydrogens (primary N) is 1. The summed E-state index contributed by atoms with van der Waals surface area (Å²) < 4.78 is 5.47. The van der Waals surface area contributed by atoms with Crippen molar-refractivity contribution in [2.45, 2.75) is 6.92 Å². The predicted octanol–water partition coefficient (Wildman–Crippen LogP) is 2.42. The highest BCUT2D eigenvalue weighted by Crippen LogP contribution is 2.30. The lowest BCUT2D eigenvalue weighted by atomic mass is 10.2. The number of nitrogen functional groups attached to an aromatic ring is 1. The molecule has 0 aliphatic heterocycles. The van der Waals surface area contributed by atoms with Gasteiger partial charge in [0.05, 0.1) is 11.1 Å². The maximum atomic E-state index is 10.7. The number of nitrogens with one attached hydrogen (secondary N) is 1. The van der Waals surface area contributed by atoms with E-state index in [1.54, 1.807) is 6.92 Å². The van der Waals surface area contributed by atoms with Crippen molar-refractivity contribution in [2.24, 2.45) is 5.84 Å². The third-order valence-corrected chi connectivity index (χ3v) is 2.68. The van der Waals surface area contributed by atoms with Crippen LogP contribution in [0.5, 0.6) is 11.6 Å². The number of nitro benzene ring substituents is 1. The molecule has 2 rings (SSSR count). The summed E-state index contributed by atoms with van der Waals surface area (Å²) in [6.07, 6.45) is 1.33. The van der Waals surface area contributed by atoms with Gasteiger partial charge < -0.3 is 4.74 Å². The highest BCUT2D eigenvalue weighted by Gasteiger charge is 2.13. The Hall–Kier alpha value is -2.45. The van der Waals surface area contributed by atoms with Crippen LogP contribution >= 0.6 is 11.6 Å². The third-order valence-electron chi connectivity index (χ3n) is 2.42. The summed E-state index contributed by atoms with van der Waals surface area (Å²) in [5.41, 5.74) is 2.74. The molecule has 0 saturated heterocycles. The van der Waals surface area contributed by atoms with E-state index < -0.39 is 4.92 Å². The fourth-order valence-electron chi connectivity index (χ4n) is 1.50. The topological polar surface area (TPSA) is 116 Å². The Balaban J connectivity index is 2.30. The zero-order chi connectivity index (χ0) is 14.7. The number of aryl methyl sites for hydroxylation is 1. The van der Waals surface area contributed by atoms with E-state index in [1.165, 1.54) is 24.4 Å². The number of benzene rings is 1. The van der Waals surface area contributed by atoms with Crippen molar-refractivity contribution in [1.29, 1.82) is 0 Å². The summed E-state index contributed by atoms with van der Waals surface area (Å²) in [4.78, 5) is 18.0. The van der Waals surface area contributed by atoms with Crippen LogP contribution in [0.3, 0.4) is 0 Å². The van der Waals surface area contributed by atoms with Crippen LogP contribution in [-0.2, 0) is 0 Å². The van der Waals surface area contributed by atoms with Gasteiger partial charge in [-0.2, -0.15) is 4.98 Å². The minimum absolute atomic E-state index is 0.00967. The fourth-order valence-corrected chi connectivity index (χ4v) is 1.63. The maximum absolute atomic E-state index is 10.7. The molecule has 20 heavy (non-hydrogen) atoms. The molecule has 3 N–H and O–H groups in total. The Morgan fingerprint density at radius 3 is 2.85 bits per heavy atom. The lowest BCUT2D eigenvalue weighted by molar-refractivity contribution is -0.385. The van der Waals surface area contributed by atoms with Gasteiger partial charge in [0.25, 0.3) is 5.69 Å². The quantitative estimate of drug-likeness (QED) is 0.505. The molecule has 0 unspecified atom stereocenters. The number of halogens is 1. The summed E-state index contributed by atoms with van der Waals surface area (Å²) in [7, 11) is 0. The average molecular weight is 296 g/mol. The lowest BCUT2D eigenvalue weighted by Crippen LogP contribution is -2.10. The van der Waals surface area contributed by atoms with Crippen LogP contribution in [0.25, 0.3) is 0 Å². The standard InChI is InChI=1S/C11H10ClN5O3/c1-6-4-7(2-3-9(6)17(18)19)20-10-8(12)5-14-11(15-10)16-13/h2-5H,13H2,1H3,(H,14,15,16). The highest BCUT2D eigenvalue weighted by molar-refractivity contribution is 6.31. The summed E-state index contributed by atoms with van der Waals surface area (Å²) in [5, 5.41) is 10.9. The Morgan fingerprint density at radius 1 is 1.50 bits per heavy atom. The molecular weight excluding hydrogens is 286 g/mol. The van der Waals surface area contributed by atoms with Crippen LogP contribution in [0, 0.1) is 17.0 Å². The van der Waals surface area contributed by atoms with E-state index in [1.807, 2.05) is 0 Å². The molecule has 104 valence electrons. The van der Waals surface area contributed by atoms with E-state index in [0.717, 1.165) is 0 Å². The van der Waals surface area contributed by atoms with Gasteiger partial charge in [0.15, 0.2) is 0 Å². The largest absolute Gasteiger partial charge is 0.437 e. The molecule has 1 heterocycles. The van der Waals surface area contributed by atoms with E-state index in [9.17, 15) is 10.1 Å². The second-order valence-corrected chi connectivity index (χ2v) is 4.21. The van der Waals surface area contributed by atoms with E-state index in [-0.39, 0.29) is 22.5 Å². The number of nitro groups is 1. The molecule has 9 heteroatoms. The van der Waals surface area contributed by atoms with Gasteiger partial charge in [-0.05, 0) is 19.1 Å². The number of nitrogens with zero attached hydrogens (tertiary/aromatic N) is 3. The smallest absolute Gasteiger partial charge is 0.272 e. The molecule has 0 fully saturated rings. The minimum atomic E-state index is -0.465. The van der Waals surface area contributed by atoms with Crippen molar-refractivity contribution in [3.05, 3.63) is 45.1 Å². The first kappa shape index (κ1) is 14.0. The minimum Gasteiger partial charge on any atom is -0.437 e. The molecule has 1 aromatic heterocycles. The van der Waals surface area contributed by atoms with E-state index >= 15 is 0 Å². The number of hydrazine groups is 1. The van der Waals surface area contributed by atoms with Crippen LogP contribution in [-0.4, -0.2) is 14.9 Å². The second-order valence-electron chi connectivity index (χ2n) is 3.80. The molecule has 0 saturated carbocycles. The molecule has 0 bridgehead atoms. The molecular formula is C11H10ClN5O3. The summed E-state index contributed by atoms with van der Waals surface area (Å²) >= 11 is 5.90. The second kappa shape index (κ2) is 5.68. The lowest BCUT2D eigenvalue weighted by Gasteiger charge is -2.08. The van der Waals surface area contributed by atoms with Crippen molar-refractivity contribution >= 4 is 23.2 Å². The Morgan fingerprint density at radius 2 is 2.25 bits per heavy atom. The van der Waals surface area contributed by atoms with Crippen LogP contribution in [0.15, 0.2) is 24.4 Å². The van der Waals surface area contributed by atoms with Crippen molar-refractivity contribution in [3.8, 4) is 11.6 Å². The molecule has 0 radical (unpaired) electrons. The third kappa shape index (κ3) is 2.92. The van der Waals surface area contributed by atoms with Crippen LogP contribution in [0.2, 0.25) is 5.02 Å². The zero-order valence-electron chi connectivity index (χ0n) is 10.3. The van der Waals surface area contributed by atoms with Gasteiger partial charge >= 0.3 is 0 Å². The number of rotatable bonds is 4. The normalized spacial score (nSPS) is 10.2. The first-order valence-electron chi connectivity index (χ1n) is 5.43. The Kier molecular flexibility index (Phi) is 3.97. The van der Waals surface area contributed by atoms with E-state index in [0.29, 0.717) is 11.3 Å². The van der Waals surface area contributed by atoms with Crippen molar-refractivity contribution in [2.75, 3.05) is 5.43 Å². The molecule has 0 aliphatic rings. The molecule has 0 spiro atoms. The van der Waals surface area contributed by atoms with Crippen LogP contribution in [0.4, 0.5) is 11.6 Å². The van der Waals surface area contributed by atoms with Gasteiger partial charge in [-0.3, -0.25) is 15.5 Å². The van der Waals surface area contributed by atoms with Gasteiger partial charge in [-0.25, -0.2) is 10.8 Å². The number of hydrogen-bond acceptors (Lipinski definition) is 7. The molecule has 0 atom stereocenters. The Labute approximate surface area is 118 Å². The van der Waals surface area contributed by atoms with Gasteiger partial charge in [-0.15, -0.1) is 0 Å². The van der Waals surface area contributed by atoms with Crippen LogP contribution < -0.4 is 16.0 Å². The predicted molar refractivity (Wildman–Crippen MR) is 72.8 cm³/mol. The first-order chi connectivity index (χ1) is 9.51. The number of aromatic nitrogens is 2. The molecule has 0 amide bonds. The monoisotopic (exact) mass is 295 g/mol. The number of ether oxygens (including phenoxy) is 1. The first-order valence-corrected chi connectivity index (χ1v) is 5.81. The van der Waals surface area contributed by atoms with Gasteiger partial charge in [0, 0.05) is 11.6 Å². The SMILES string of the molecule is Cc1cc(Oc2nc(NN)ncc2Cl)ccc1[N+](=O)[O-]. The number of anilines is 1. The van der Waals surface area contributed by atoms with E-state index in [2.05, 4.69) is 15.4 Å². The zero-order valence-corrected chi connectivity index (χ0v) is 11.1. The molecule has 0 aliphatic carbocycles. The van der Waals surface area contributed by atoms with Crippen molar-refractivity contribution in [1.82, 2.24) is 9.97 Å². The Bertz CT molecular complexity index is 665. The van der Waals surface area contributed by atoms with Gasteiger partial charge in [0.1, 0.15) is 10.8 Å². The summed E-state index contributed by atoms with van der Waals surface area (Å²) in [6, 6.07) is 4.33. The fraction of sp³-hybridized carbons (Fsp3) is 0.0909. The molecule has 1 aromatic carbocycles. The summed E-state index contributed by atoms with van der Waals surface area (Å²) in [5.74, 6) is 5.80.